The number of carboxylic acid groups (broad SMARTS) is 1. The maximum atomic E-state index is 13.6. The molecular formula is C24H16F3N3O2. The number of halogens is 3. The van der Waals surface area contributed by atoms with Crippen LogP contribution in [0.2, 0.25) is 0 Å². The number of aryl methyl sites for hydroxylation is 1. The van der Waals surface area contributed by atoms with Crippen LogP contribution < -0.4 is 0 Å². The Labute approximate surface area is 181 Å². The topological polar surface area (TPSA) is 76.0 Å². The Morgan fingerprint density at radius 1 is 0.875 bits per heavy atom. The van der Waals surface area contributed by atoms with E-state index in [4.69, 9.17) is 0 Å². The molecule has 2 aromatic carbocycles. The first-order valence-corrected chi connectivity index (χ1v) is 9.55. The molecule has 5 nitrogen and oxygen atoms in total. The Hall–Kier alpha value is -4.07. The van der Waals surface area contributed by atoms with Crippen LogP contribution in [0.1, 0.15) is 21.7 Å². The summed E-state index contributed by atoms with van der Waals surface area (Å²) in [5, 5.41) is 9.47. The average molecular weight is 435 g/mol. The molecule has 0 unspecified atom stereocenters. The van der Waals surface area contributed by atoms with Crippen LogP contribution in [-0.2, 0) is 6.18 Å². The van der Waals surface area contributed by atoms with Crippen molar-refractivity contribution in [2.24, 2.45) is 0 Å². The van der Waals surface area contributed by atoms with Crippen LogP contribution in [0.5, 0.6) is 0 Å². The maximum absolute atomic E-state index is 13.6. The van der Waals surface area contributed by atoms with Gasteiger partial charge in [0.25, 0.3) is 0 Å². The summed E-state index contributed by atoms with van der Waals surface area (Å²) in [7, 11) is 0. The third kappa shape index (κ3) is 4.34. The van der Waals surface area contributed by atoms with Gasteiger partial charge in [-0.3, -0.25) is 4.98 Å². The Morgan fingerprint density at radius 2 is 1.62 bits per heavy atom. The number of carboxylic acids is 1. The molecule has 4 rings (SSSR count). The molecule has 0 aliphatic carbocycles. The molecule has 0 spiro atoms. The van der Waals surface area contributed by atoms with Gasteiger partial charge in [0, 0.05) is 23.0 Å². The molecule has 0 saturated heterocycles. The van der Waals surface area contributed by atoms with Gasteiger partial charge in [-0.2, -0.15) is 13.2 Å². The van der Waals surface area contributed by atoms with Crippen LogP contribution >= 0.6 is 0 Å². The number of aromatic carboxylic acids is 1. The summed E-state index contributed by atoms with van der Waals surface area (Å²) in [5.74, 6) is -1.22. The fourth-order valence-corrected chi connectivity index (χ4v) is 3.24. The van der Waals surface area contributed by atoms with E-state index >= 15 is 0 Å². The molecule has 4 aromatic rings. The van der Waals surface area contributed by atoms with Crippen molar-refractivity contribution in [1.82, 2.24) is 15.0 Å². The molecule has 0 fully saturated rings. The van der Waals surface area contributed by atoms with Crippen molar-refractivity contribution in [3.63, 3.8) is 0 Å². The van der Waals surface area contributed by atoms with Gasteiger partial charge in [0.1, 0.15) is 5.69 Å². The van der Waals surface area contributed by atoms with E-state index in [0.717, 1.165) is 11.8 Å². The number of nitrogens with zero attached hydrogens (tertiary/aromatic N) is 3. The normalized spacial score (nSPS) is 11.4. The predicted octanol–water partition coefficient (Wildman–Crippen LogP) is 5.90. The summed E-state index contributed by atoms with van der Waals surface area (Å²) < 4.78 is 40.7. The number of benzene rings is 2. The van der Waals surface area contributed by atoms with Crippen LogP contribution in [0.3, 0.4) is 0 Å². The van der Waals surface area contributed by atoms with Gasteiger partial charge < -0.3 is 5.11 Å². The SMILES string of the molecule is Cc1ccc(-c2cc(C(F)(F)F)nc(-c3cccc(-c4ccccc4C(=O)O)c3)n2)cn1. The van der Waals surface area contributed by atoms with E-state index in [-0.39, 0.29) is 17.1 Å². The molecule has 2 aromatic heterocycles. The van der Waals surface area contributed by atoms with E-state index in [1.807, 2.05) is 0 Å². The Kier molecular flexibility index (Phi) is 5.44. The van der Waals surface area contributed by atoms with Gasteiger partial charge in [-0.15, -0.1) is 0 Å². The molecule has 0 aliphatic rings. The van der Waals surface area contributed by atoms with E-state index in [1.165, 1.54) is 12.3 Å². The molecular weight excluding hydrogens is 419 g/mol. The number of carbonyl (C=O) groups is 1. The van der Waals surface area contributed by atoms with Gasteiger partial charge in [-0.25, -0.2) is 14.8 Å². The Morgan fingerprint density at radius 3 is 2.31 bits per heavy atom. The summed E-state index contributed by atoms with van der Waals surface area (Å²) in [4.78, 5) is 23.8. The number of aromatic nitrogens is 3. The highest BCUT2D eigenvalue weighted by atomic mass is 19.4. The monoisotopic (exact) mass is 435 g/mol. The predicted molar refractivity (Wildman–Crippen MR) is 113 cm³/mol. The molecule has 2 heterocycles. The zero-order chi connectivity index (χ0) is 22.9. The molecule has 160 valence electrons. The van der Waals surface area contributed by atoms with Gasteiger partial charge >= 0.3 is 12.1 Å². The van der Waals surface area contributed by atoms with Crippen molar-refractivity contribution in [3.05, 3.63) is 89.9 Å². The summed E-state index contributed by atoms with van der Waals surface area (Å²) in [5.41, 5.74) is 1.55. The van der Waals surface area contributed by atoms with E-state index in [2.05, 4.69) is 15.0 Å². The molecule has 1 N–H and O–H groups in total. The fraction of sp³-hybridized carbons (Fsp3) is 0.0833. The molecule has 0 bridgehead atoms. The molecule has 0 radical (unpaired) electrons. The van der Waals surface area contributed by atoms with Crippen molar-refractivity contribution >= 4 is 5.97 Å². The minimum atomic E-state index is -4.67. The van der Waals surface area contributed by atoms with Crippen molar-refractivity contribution in [2.75, 3.05) is 0 Å². The second-order valence-corrected chi connectivity index (χ2v) is 7.08. The minimum Gasteiger partial charge on any atom is -0.478 e. The fourth-order valence-electron chi connectivity index (χ4n) is 3.24. The van der Waals surface area contributed by atoms with E-state index in [0.29, 0.717) is 22.3 Å². The zero-order valence-electron chi connectivity index (χ0n) is 16.8. The first kappa shape index (κ1) is 21.2. The third-order valence-electron chi connectivity index (χ3n) is 4.81. The lowest BCUT2D eigenvalue weighted by atomic mass is 9.98. The lowest BCUT2D eigenvalue weighted by molar-refractivity contribution is -0.141. The third-order valence-corrected chi connectivity index (χ3v) is 4.81. The largest absolute Gasteiger partial charge is 0.478 e. The number of rotatable bonds is 4. The van der Waals surface area contributed by atoms with E-state index in [9.17, 15) is 23.1 Å². The summed E-state index contributed by atoms with van der Waals surface area (Å²) >= 11 is 0. The lowest BCUT2D eigenvalue weighted by Crippen LogP contribution is -2.10. The number of hydrogen-bond donors (Lipinski definition) is 1. The summed E-state index contributed by atoms with van der Waals surface area (Å²) in [6.45, 7) is 1.77. The average Bonchev–Trinajstić information content (AvgIpc) is 2.79. The molecule has 8 heteroatoms. The quantitative estimate of drug-likeness (QED) is 0.432. The van der Waals surface area contributed by atoms with Crippen molar-refractivity contribution in [3.8, 4) is 33.8 Å². The number of alkyl halides is 3. The van der Waals surface area contributed by atoms with Crippen LogP contribution in [0.15, 0.2) is 72.9 Å². The first-order chi connectivity index (χ1) is 15.2. The molecule has 32 heavy (non-hydrogen) atoms. The molecule has 0 saturated carbocycles. The number of hydrogen-bond acceptors (Lipinski definition) is 4. The van der Waals surface area contributed by atoms with Crippen molar-refractivity contribution in [2.45, 2.75) is 13.1 Å². The second-order valence-electron chi connectivity index (χ2n) is 7.08. The van der Waals surface area contributed by atoms with Gasteiger partial charge in [-0.05, 0) is 48.4 Å². The lowest BCUT2D eigenvalue weighted by Gasteiger charge is -2.12. The second kappa shape index (κ2) is 8.22. The van der Waals surface area contributed by atoms with Crippen molar-refractivity contribution < 1.29 is 23.1 Å². The van der Waals surface area contributed by atoms with Gasteiger partial charge in [0.2, 0.25) is 0 Å². The molecule has 0 amide bonds. The van der Waals surface area contributed by atoms with Crippen LogP contribution in [0.4, 0.5) is 13.2 Å². The van der Waals surface area contributed by atoms with Crippen LogP contribution in [0.25, 0.3) is 33.8 Å². The molecule has 0 atom stereocenters. The standard InChI is InChI=1S/C24H16F3N3O2/c1-14-9-10-17(13-28-14)20-12-21(24(25,26)27)30-22(29-20)16-6-4-5-15(11-16)18-7-2-3-8-19(18)23(31)32/h2-13H,1H3,(H,31,32). The van der Waals surface area contributed by atoms with Crippen LogP contribution in [-0.4, -0.2) is 26.0 Å². The molecule has 0 aliphatic heterocycles. The van der Waals surface area contributed by atoms with Crippen molar-refractivity contribution in [1.29, 1.82) is 0 Å². The van der Waals surface area contributed by atoms with Gasteiger partial charge in [0.05, 0.1) is 11.3 Å². The highest BCUT2D eigenvalue weighted by Crippen LogP contribution is 2.33. The number of pyridine rings is 1. The summed E-state index contributed by atoms with van der Waals surface area (Å²) in [6, 6.07) is 17.1. The highest BCUT2D eigenvalue weighted by molar-refractivity contribution is 5.96. The Balaban J connectivity index is 1.87. The van der Waals surface area contributed by atoms with E-state index < -0.39 is 17.8 Å². The smallest absolute Gasteiger partial charge is 0.433 e. The van der Waals surface area contributed by atoms with Gasteiger partial charge in [-0.1, -0.05) is 36.4 Å². The first-order valence-electron chi connectivity index (χ1n) is 9.55. The minimum absolute atomic E-state index is 0.0843. The summed E-state index contributed by atoms with van der Waals surface area (Å²) in [6.07, 6.45) is -3.21. The zero-order valence-corrected chi connectivity index (χ0v) is 16.8. The van der Waals surface area contributed by atoms with E-state index in [1.54, 1.807) is 61.5 Å². The maximum Gasteiger partial charge on any atom is 0.433 e. The highest BCUT2D eigenvalue weighted by Gasteiger charge is 2.34. The Bertz CT molecular complexity index is 1300. The van der Waals surface area contributed by atoms with Gasteiger partial charge in [0.15, 0.2) is 5.82 Å². The van der Waals surface area contributed by atoms with Crippen LogP contribution in [0, 0.1) is 6.92 Å².